The van der Waals surface area contributed by atoms with Crippen molar-refractivity contribution in [2.24, 2.45) is 0 Å². The first-order valence-corrected chi connectivity index (χ1v) is 6.40. The van der Waals surface area contributed by atoms with E-state index in [1.165, 1.54) is 6.20 Å². The maximum atomic E-state index is 12.5. The summed E-state index contributed by atoms with van der Waals surface area (Å²) in [5.41, 5.74) is 8.30. The van der Waals surface area contributed by atoms with E-state index in [0.717, 1.165) is 30.3 Å². The SMILES string of the molecule is Nc1ccc2c(c1)CCCN2C(=O)c1c[nH]c(=O)cn1. The lowest BCUT2D eigenvalue weighted by Crippen LogP contribution is -2.36. The van der Waals surface area contributed by atoms with Crippen LogP contribution in [-0.2, 0) is 6.42 Å². The highest BCUT2D eigenvalue weighted by Crippen LogP contribution is 2.29. The van der Waals surface area contributed by atoms with Crippen LogP contribution in [0.3, 0.4) is 0 Å². The van der Waals surface area contributed by atoms with Gasteiger partial charge in [-0.05, 0) is 36.6 Å². The standard InChI is InChI=1S/C14H14N4O2/c15-10-3-4-12-9(6-10)2-1-5-18(12)14(20)11-7-17-13(19)8-16-11/h3-4,6-8H,1-2,5,15H2,(H,17,19). The third-order valence-electron chi connectivity index (χ3n) is 3.36. The van der Waals surface area contributed by atoms with E-state index in [9.17, 15) is 9.59 Å². The van der Waals surface area contributed by atoms with Gasteiger partial charge in [-0.15, -0.1) is 0 Å². The first-order valence-electron chi connectivity index (χ1n) is 6.40. The zero-order valence-electron chi connectivity index (χ0n) is 10.8. The molecule has 0 aliphatic carbocycles. The number of carbonyl (C=O) groups is 1. The second-order valence-corrected chi connectivity index (χ2v) is 4.74. The second kappa shape index (κ2) is 4.80. The predicted molar refractivity (Wildman–Crippen MR) is 75.7 cm³/mol. The maximum absolute atomic E-state index is 12.5. The highest BCUT2D eigenvalue weighted by molar-refractivity contribution is 6.05. The minimum absolute atomic E-state index is 0.216. The van der Waals surface area contributed by atoms with Crippen LogP contribution < -0.4 is 16.2 Å². The molecule has 0 atom stereocenters. The molecule has 0 radical (unpaired) electrons. The average molecular weight is 270 g/mol. The van der Waals surface area contributed by atoms with Crippen molar-refractivity contribution >= 4 is 17.3 Å². The zero-order valence-corrected chi connectivity index (χ0v) is 10.8. The van der Waals surface area contributed by atoms with E-state index in [1.54, 1.807) is 11.0 Å². The molecule has 1 aromatic carbocycles. The van der Waals surface area contributed by atoms with E-state index in [0.29, 0.717) is 12.2 Å². The van der Waals surface area contributed by atoms with Gasteiger partial charge in [-0.1, -0.05) is 0 Å². The normalized spacial score (nSPS) is 13.9. The Labute approximate surface area is 115 Å². The van der Waals surface area contributed by atoms with Gasteiger partial charge in [0.05, 0.1) is 6.20 Å². The lowest BCUT2D eigenvalue weighted by molar-refractivity contribution is 0.0980. The fraction of sp³-hybridized carbons (Fsp3) is 0.214. The number of fused-ring (bicyclic) bond motifs is 1. The number of nitrogens with one attached hydrogen (secondary N) is 1. The van der Waals surface area contributed by atoms with Gasteiger partial charge in [-0.2, -0.15) is 0 Å². The Hall–Kier alpha value is -2.63. The monoisotopic (exact) mass is 270 g/mol. The van der Waals surface area contributed by atoms with Gasteiger partial charge in [0.25, 0.3) is 11.5 Å². The van der Waals surface area contributed by atoms with Crippen LogP contribution in [0.2, 0.25) is 0 Å². The Morgan fingerprint density at radius 2 is 2.25 bits per heavy atom. The van der Waals surface area contributed by atoms with Crippen molar-refractivity contribution in [3.8, 4) is 0 Å². The molecule has 1 aliphatic heterocycles. The van der Waals surface area contributed by atoms with Crippen molar-refractivity contribution in [2.75, 3.05) is 17.2 Å². The number of hydrogen-bond acceptors (Lipinski definition) is 4. The number of aromatic nitrogens is 2. The summed E-state index contributed by atoms with van der Waals surface area (Å²) in [7, 11) is 0. The molecule has 3 rings (SSSR count). The largest absolute Gasteiger partial charge is 0.399 e. The van der Waals surface area contributed by atoms with Crippen molar-refractivity contribution in [2.45, 2.75) is 12.8 Å². The topological polar surface area (TPSA) is 92.1 Å². The van der Waals surface area contributed by atoms with Gasteiger partial charge in [-0.3, -0.25) is 9.59 Å². The van der Waals surface area contributed by atoms with Gasteiger partial charge in [0.2, 0.25) is 0 Å². The van der Waals surface area contributed by atoms with Crippen LogP contribution in [0.4, 0.5) is 11.4 Å². The molecule has 0 unspecified atom stereocenters. The molecule has 6 heteroatoms. The number of H-pyrrole nitrogens is 1. The van der Waals surface area contributed by atoms with Gasteiger partial charge in [0, 0.05) is 24.1 Å². The molecule has 0 bridgehead atoms. The van der Waals surface area contributed by atoms with Gasteiger partial charge in [-0.25, -0.2) is 4.98 Å². The van der Waals surface area contributed by atoms with Gasteiger partial charge in [0.15, 0.2) is 0 Å². The summed E-state index contributed by atoms with van der Waals surface area (Å²) in [4.78, 5) is 31.5. The third-order valence-corrected chi connectivity index (χ3v) is 3.36. The van der Waals surface area contributed by atoms with Crippen LogP contribution in [-0.4, -0.2) is 22.4 Å². The van der Waals surface area contributed by atoms with E-state index in [2.05, 4.69) is 9.97 Å². The number of nitrogen functional groups attached to an aromatic ring is 1. The summed E-state index contributed by atoms with van der Waals surface area (Å²) >= 11 is 0. The summed E-state index contributed by atoms with van der Waals surface area (Å²) in [6.07, 6.45) is 4.24. The van der Waals surface area contributed by atoms with Crippen molar-refractivity contribution < 1.29 is 4.79 Å². The number of carbonyl (C=O) groups excluding carboxylic acids is 1. The molecular formula is C14H14N4O2. The summed E-state index contributed by atoms with van der Waals surface area (Å²) in [5, 5.41) is 0. The van der Waals surface area contributed by atoms with Crippen LogP contribution >= 0.6 is 0 Å². The number of aromatic amines is 1. The Kier molecular flexibility index (Phi) is 2.98. The van der Waals surface area contributed by atoms with Crippen LogP contribution in [0.25, 0.3) is 0 Å². The molecule has 1 amide bonds. The van der Waals surface area contributed by atoms with Crippen molar-refractivity contribution in [3.63, 3.8) is 0 Å². The molecule has 0 saturated carbocycles. The maximum Gasteiger partial charge on any atom is 0.278 e. The van der Waals surface area contributed by atoms with Gasteiger partial charge >= 0.3 is 0 Å². The lowest BCUT2D eigenvalue weighted by atomic mass is 10.0. The molecule has 2 heterocycles. The third kappa shape index (κ3) is 2.16. The molecule has 102 valence electrons. The number of amides is 1. The Balaban J connectivity index is 1.98. The average Bonchev–Trinajstić information content (AvgIpc) is 2.46. The highest BCUT2D eigenvalue weighted by atomic mass is 16.2. The Morgan fingerprint density at radius 3 is 3.00 bits per heavy atom. The molecule has 3 N–H and O–H groups in total. The van der Waals surface area contributed by atoms with Crippen molar-refractivity contribution in [1.82, 2.24) is 9.97 Å². The first kappa shape index (κ1) is 12.4. The summed E-state index contributed by atoms with van der Waals surface area (Å²) in [5.74, 6) is -0.216. The van der Waals surface area contributed by atoms with Crippen LogP contribution in [0.1, 0.15) is 22.5 Å². The van der Waals surface area contributed by atoms with Crippen molar-refractivity contribution in [1.29, 1.82) is 0 Å². The van der Waals surface area contributed by atoms with E-state index in [-0.39, 0.29) is 17.2 Å². The van der Waals surface area contributed by atoms with Crippen molar-refractivity contribution in [3.05, 3.63) is 52.2 Å². The molecule has 0 spiro atoms. The summed E-state index contributed by atoms with van der Waals surface area (Å²) in [6.45, 7) is 0.635. The number of anilines is 2. The molecule has 2 aromatic rings. The van der Waals surface area contributed by atoms with Gasteiger partial charge in [0.1, 0.15) is 5.69 Å². The molecule has 6 nitrogen and oxygen atoms in total. The molecular weight excluding hydrogens is 256 g/mol. The molecule has 20 heavy (non-hydrogen) atoms. The minimum atomic E-state index is -0.326. The number of nitrogens with zero attached hydrogens (tertiary/aromatic N) is 2. The highest BCUT2D eigenvalue weighted by Gasteiger charge is 2.24. The van der Waals surface area contributed by atoms with E-state index in [1.807, 2.05) is 12.1 Å². The number of nitrogens with two attached hydrogens (primary N) is 1. The summed E-state index contributed by atoms with van der Waals surface area (Å²) in [6, 6.07) is 5.53. The fourth-order valence-electron chi connectivity index (χ4n) is 2.43. The van der Waals surface area contributed by atoms with Crippen LogP contribution in [0, 0.1) is 0 Å². The fourth-order valence-corrected chi connectivity index (χ4v) is 2.43. The smallest absolute Gasteiger partial charge is 0.278 e. The number of benzene rings is 1. The van der Waals surface area contributed by atoms with Crippen LogP contribution in [0.5, 0.6) is 0 Å². The van der Waals surface area contributed by atoms with E-state index >= 15 is 0 Å². The Morgan fingerprint density at radius 1 is 1.40 bits per heavy atom. The van der Waals surface area contributed by atoms with Crippen LogP contribution in [0.15, 0.2) is 35.4 Å². The number of rotatable bonds is 1. The second-order valence-electron chi connectivity index (χ2n) is 4.74. The van der Waals surface area contributed by atoms with E-state index < -0.39 is 0 Å². The molecule has 0 saturated heterocycles. The van der Waals surface area contributed by atoms with Gasteiger partial charge < -0.3 is 15.6 Å². The van der Waals surface area contributed by atoms with E-state index in [4.69, 9.17) is 5.73 Å². The lowest BCUT2D eigenvalue weighted by Gasteiger charge is -2.29. The first-order chi connectivity index (χ1) is 9.65. The zero-order chi connectivity index (χ0) is 14.1. The number of aryl methyl sites for hydroxylation is 1. The summed E-state index contributed by atoms with van der Waals surface area (Å²) < 4.78 is 0. The molecule has 1 aromatic heterocycles. The predicted octanol–water partition coefficient (Wildman–Crippen LogP) is 0.945. The molecule has 0 fully saturated rings. The number of hydrogen-bond donors (Lipinski definition) is 2. The minimum Gasteiger partial charge on any atom is -0.399 e. The molecule has 1 aliphatic rings. The quantitative estimate of drug-likeness (QED) is 0.754. The Bertz CT molecular complexity index is 703.